The van der Waals surface area contributed by atoms with Crippen molar-refractivity contribution in [2.75, 3.05) is 37.9 Å². The zero-order valence-electron chi connectivity index (χ0n) is 24.5. The largest absolute Gasteiger partial charge is 0.465 e. The number of esters is 2. The molecule has 0 unspecified atom stereocenters. The van der Waals surface area contributed by atoms with Crippen molar-refractivity contribution in [3.63, 3.8) is 0 Å². The zero-order chi connectivity index (χ0) is 30.2. The van der Waals surface area contributed by atoms with Crippen LogP contribution in [0.5, 0.6) is 0 Å². The van der Waals surface area contributed by atoms with Gasteiger partial charge in [0.2, 0.25) is 11.8 Å². The maximum absolute atomic E-state index is 11.5. The summed E-state index contributed by atoms with van der Waals surface area (Å²) in [6.45, 7) is 12.5. The van der Waals surface area contributed by atoms with Gasteiger partial charge in [-0.15, -0.1) is 0 Å². The first-order valence-electron chi connectivity index (χ1n) is 12.9. The lowest BCUT2D eigenvalue weighted by Gasteiger charge is -2.08. The smallest absolute Gasteiger partial charge is 0.337 e. The number of carbonyl (C=O) groups is 4. The van der Waals surface area contributed by atoms with Crippen molar-refractivity contribution in [2.24, 2.45) is 21.8 Å². The van der Waals surface area contributed by atoms with Crippen molar-refractivity contribution < 1.29 is 28.7 Å². The lowest BCUT2D eigenvalue weighted by atomic mass is 10.1. The lowest BCUT2D eigenvalue weighted by molar-refractivity contribution is -0.115. The molecule has 2 amide bonds. The van der Waals surface area contributed by atoms with Crippen LogP contribution in [0.25, 0.3) is 0 Å². The maximum Gasteiger partial charge on any atom is 0.337 e. The fourth-order valence-electron chi connectivity index (χ4n) is 3.16. The number of anilines is 2. The van der Waals surface area contributed by atoms with Crippen molar-refractivity contribution in [3.8, 4) is 0 Å². The summed E-state index contributed by atoms with van der Waals surface area (Å²) in [6, 6.07) is 9.87. The van der Waals surface area contributed by atoms with Crippen LogP contribution in [0.1, 0.15) is 73.4 Å². The number of carbonyl (C=O) groups excluding carboxylic acids is 4. The summed E-state index contributed by atoms with van der Waals surface area (Å²) in [5.41, 5.74) is 3.46. The second-order valence-electron chi connectivity index (χ2n) is 9.73. The van der Waals surface area contributed by atoms with Crippen LogP contribution in [-0.2, 0) is 19.1 Å². The highest BCUT2D eigenvalue weighted by atomic mass is 16.5. The van der Waals surface area contributed by atoms with Gasteiger partial charge in [0.25, 0.3) is 0 Å². The Bertz CT molecular complexity index is 1140. The van der Waals surface area contributed by atoms with E-state index >= 15 is 0 Å². The maximum atomic E-state index is 11.5. The topological polar surface area (TPSA) is 136 Å². The normalized spacial score (nSPS) is 10.8. The molecule has 2 aromatic rings. The Morgan fingerprint density at radius 1 is 0.700 bits per heavy atom. The van der Waals surface area contributed by atoms with E-state index in [2.05, 4.69) is 57.8 Å². The summed E-state index contributed by atoms with van der Waals surface area (Å²) in [5.74, 6) is -0.294. The van der Waals surface area contributed by atoms with Crippen LogP contribution in [0.2, 0.25) is 0 Å². The number of amides is 2. The summed E-state index contributed by atoms with van der Waals surface area (Å²) in [6.07, 6.45) is 3.33. The molecule has 10 nitrogen and oxygen atoms in total. The Morgan fingerprint density at radius 2 is 1.05 bits per heavy atom. The molecule has 216 valence electrons. The highest BCUT2D eigenvalue weighted by Crippen LogP contribution is 2.18. The monoisotopic (exact) mass is 552 g/mol. The summed E-state index contributed by atoms with van der Waals surface area (Å²) in [4.78, 5) is 54.0. The molecule has 2 N–H and O–H groups in total. The standard InChI is InChI=1S/2C15H20N2O3/c2*1-10(2)8-16-9-13-7-12(15(19)20-4)5-6-14(13)17-11(3)18/h2*5-7,9-10H,8H2,1-4H3,(H,17,18). The summed E-state index contributed by atoms with van der Waals surface area (Å²) >= 11 is 0. The van der Waals surface area contributed by atoms with Gasteiger partial charge in [-0.05, 0) is 48.2 Å². The molecule has 0 aliphatic carbocycles. The molecule has 0 aliphatic heterocycles. The third-order valence-electron chi connectivity index (χ3n) is 4.97. The average Bonchev–Trinajstić information content (AvgIpc) is 2.88. The molecule has 0 aromatic heterocycles. The molecule has 10 heteroatoms. The van der Waals surface area contributed by atoms with E-state index in [0.29, 0.717) is 58.6 Å². The van der Waals surface area contributed by atoms with Crippen molar-refractivity contribution in [1.82, 2.24) is 0 Å². The lowest BCUT2D eigenvalue weighted by Crippen LogP contribution is -2.10. The summed E-state index contributed by atoms with van der Waals surface area (Å²) < 4.78 is 9.37. The molecule has 0 saturated heterocycles. The van der Waals surface area contributed by atoms with E-state index in [9.17, 15) is 19.2 Å². The van der Waals surface area contributed by atoms with Gasteiger partial charge in [-0.2, -0.15) is 0 Å². The van der Waals surface area contributed by atoms with Gasteiger partial charge in [0, 0.05) is 61.9 Å². The minimum Gasteiger partial charge on any atom is -0.465 e. The molecule has 0 fully saturated rings. The van der Waals surface area contributed by atoms with Gasteiger partial charge < -0.3 is 20.1 Å². The predicted molar refractivity (Wildman–Crippen MR) is 159 cm³/mol. The van der Waals surface area contributed by atoms with Crippen LogP contribution in [0.3, 0.4) is 0 Å². The summed E-state index contributed by atoms with van der Waals surface area (Å²) in [5, 5.41) is 5.43. The Labute approximate surface area is 236 Å². The highest BCUT2D eigenvalue weighted by Gasteiger charge is 2.11. The number of ether oxygens (including phenoxy) is 2. The highest BCUT2D eigenvalue weighted by molar-refractivity contribution is 6.00. The molecular formula is C30H40N4O6. The van der Waals surface area contributed by atoms with Crippen LogP contribution in [0.15, 0.2) is 46.4 Å². The molecule has 0 bridgehead atoms. The number of aliphatic imine (C=N–C) groups is 2. The third-order valence-corrected chi connectivity index (χ3v) is 4.97. The fourth-order valence-corrected chi connectivity index (χ4v) is 3.16. The fraction of sp³-hybridized carbons (Fsp3) is 0.400. The number of hydrogen-bond acceptors (Lipinski definition) is 8. The number of rotatable bonds is 10. The summed E-state index contributed by atoms with van der Waals surface area (Å²) in [7, 11) is 2.66. The first kappa shape index (κ1) is 33.7. The van der Waals surface area contributed by atoms with Gasteiger partial charge in [0.05, 0.1) is 25.3 Å². The second-order valence-corrected chi connectivity index (χ2v) is 9.73. The van der Waals surface area contributed by atoms with Crippen LogP contribution >= 0.6 is 0 Å². The first-order chi connectivity index (χ1) is 18.9. The SMILES string of the molecule is COC(=O)c1ccc(NC(C)=O)c(C=NCC(C)C)c1.COC(=O)c1ccc(NC(C)=O)c(C=NCC(C)C)c1. The van der Waals surface area contributed by atoms with Crippen molar-refractivity contribution in [3.05, 3.63) is 58.7 Å². The Balaban J connectivity index is 0.000000400. The van der Waals surface area contributed by atoms with Gasteiger partial charge >= 0.3 is 11.9 Å². The third kappa shape index (κ3) is 12.5. The molecule has 0 radical (unpaired) electrons. The van der Waals surface area contributed by atoms with Gasteiger partial charge in [0.1, 0.15) is 0 Å². The molecule has 0 atom stereocenters. The van der Waals surface area contributed by atoms with E-state index in [1.165, 1.54) is 28.1 Å². The Morgan fingerprint density at radius 3 is 1.32 bits per heavy atom. The molecule has 0 saturated carbocycles. The van der Waals surface area contributed by atoms with Gasteiger partial charge in [-0.1, -0.05) is 27.7 Å². The minimum absolute atomic E-state index is 0.172. The molecular weight excluding hydrogens is 512 g/mol. The van der Waals surface area contributed by atoms with Crippen LogP contribution in [-0.4, -0.2) is 63.5 Å². The number of methoxy groups -OCH3 is 2. The van der Waals surface area contributed by atoms with E-state index in [4.69, 9.17) is 0 Å². The first-order valence-corrected chi connectivity index (χ1v) is 12.9. The zero-order valence-corrected chi connectivity index (χ0v) is 24.5. The van der Waals surface area contributed by atoms with Crippen molar-refractivity contribution in [1.29, 1.82) is 0 Å². The van der Waals surface area contributed by atoms with Crippen LogP contribution in [0.4, 0.5) is 11.4 Å². The minimum atomic E-state index is -0.419. The van der Waals surface area contributed by atoms with E-state index in [1.807, 2.05) is 0 Å². The Hall–Kier alpha value is -4.34. The van der Waals surface area contributed by atoms with Gasteiger partial charge in [-0.3, -0.25) is 19.6 Å². The molecule has 2 rings (SSSR count). The molecule has 0 heterocycles. The molecule has 0 spiro atoms. The number of nitrogens with zero attached hydrogens (tertiary/aromatic N) is 2. The number of hydrogen-bond donors (Lipinski definition) is 2. The average molecular weight is 553 g/mol. The molecule has 40 heavy (non-hydrogen) atoms. The van der Waals surface area contributed by atoms with Gasteiger partial charge in [0.15, 0.2) is 0 Å². The molecule has 2 aromatic carbocycles. The van der Waals surface area contributed by atoms with Gasteiger partial charge in [-0.25, -0.2) is 9.59 Å². The predicted octanol–water partition coefficient (Wildman–Crippen LogP) is 5.01. The van der Waals surface area contributed by atoms with E-state index in [1.54, 1.807) is 48.8 Å². The number of nitrogens with one attached hydrogen (secondary N) is 2. The Kier molecular flexibility index (Phi) is 14.6. The quantitative estimate of drug-likeness (QED) is 0.314. The van der Waals surface area contributed by atoms with Crippen molar-refractivity contribution >= 4 is 47.6 Å². The van der Waals surface area contributed by atoms with Crippen molar-refractivity contribution in [2.45, 2.75) is 41.5 Å². The van der Waals surface area contributed by atoms with E-state index in [0.717, 1.165) is 0 Å². The molecule has 0 aliphatic rings. The van der Waals surface area contributed by atoms with Crippen LogP contribution < -0.4 is 10.6 Å². The van der Waals surface area contributed by atoms with E-state index in [-0.39, 0.29) is 11.8 Å². The van der Waals surface area contributed by atoms with E-state index < -0.39 is 11.9 Å². The number of benzene rings is 2. The second kappa shape index (κ2) is 17.3. The van der Waals surface area contributed by atoms with Crippen LogP contribution in [0, 0.1) is 11.8 Å².